The Hall–Kier alpha value is -2.10. The SMILES string of the molecule is [Cu+2].[O-]c1ccccc1C=NCCCN=Cc1ccccc1[O-]. The van der Waals surface area contributed by atoms with Crippen LogP contribution >= 0.6 is 0 Å². The van der Waals surface area contributed by atoms with Crippen LogP contribution in [0.3, 0.4) is 0 Å². The third kappa shape index (κ3) is 5.72. The number of aliphatic imine (C=N–C) groups is 2. The van der Waals surface area contributed by atoms with Crippen molar-refractivity contribution in [1.29, 1.82) is 0 Å². The Bertz CT molecular complexity index is 587. The molecule has 0 N–H and O–H groups in total. The van der Waals surface area contributed by atoms with Crippen LogP contribution in [0.4, 0.5) is 0 Å². The van der Waals surface area contributed by atoms with Crippen LogP contribution in [0.15, 0.2) is 58.5 Å². The monoisotopic (exact) mass is 343 g/mol. The largest absolute Gasteiger partial charge is 2.00 e. The van der Waals surface area contributed by atoms with Gasteiger partial charge in [-0.15, -0.1) is 11.5 Å². The van der Waals surface area contributed by atoms with E-state index in [9.17, 15) is 10.2 Å². The zero-order chi connectivity index (χ0) is 14.9. The molecule has 0 bridgehead atoms. The maximum absolute atomic E-state index is 11.4. The molecule has 2 aromatic carbocycles. The van der Waals surface area contributed by atoms with Crippen molar-refractivity contribution in [3.05, 3.63) is 59.7 Å². The summed E-state index contributed by atoms with van der Waals surface area (Å²) in [4.78, 5) is 8.41. The van der Waals surface area contributed by atoms with Crippen molar-refractivity contribution in [2.24, 2.45) is 9.98 Å². The molecule has 22 heavy (non-hydrogen) atoms. The summed E-state index contributed by atoms with van der Waals surface area (Å²) < 4.78 is 0. The molecule has 0 fully saturated rings. The summed E-state index contributed by atoms with van der Waals surface area (Å²) in [6.45, 7) is 1.20. The predicted octanol–water partition coefficient (Wildman–Crippen LogP) is 1.76. The summed E-state index contributed by atoms with van der Waals surface area (Å²) >= 11 is 0. The number of hydrogen-bond donors (Lipinski definition) is 0. The Morgan fingerprint density at radius 3 is 1.55 bits per heavy atom. The number of nitrogens with zero attached hydrogens (tertiary/aromatic N) is 2. The van der Waals surface area contributed by atoms with Crippen molar-refractivity contribution in [2.75, 3.05) is 13.1 Å². The number of para-hydroxylation sites is 2. The van der Waals surface area contributed by atoms with Gasteiger partial charge in [0.05, 0.1) is 0 Å². The minimum absolute atomic E-state index is 0. The maximum Gasteiger partial charge on any atom is 2.00 e. The van der Waals surface area contributed by atoms with E-state index in [0.29, 0.717) is 24.2 Å². The first-order chi connectivity index (χ1) is 10.3. The summed E-state index contributed by atoms with van der Waals surface area (Å²) in [6, 6.07) is 13.6. The molecule has 0 amide bonds. The van der Waals surface area contributed by atoms with Gasteiger partial charge in [-0.05, 0) is 17.5 Å². The zero-order valence-corrected chi connectivity index (χ0v) is 12.8. The normalized spacial score (nSPS) is 10.9. The van der Waals surface area contributed by atoms with Gasteiger partial charge in [0.25, 0.3) is 0 Å². The van der Waals surface area contributed by atoms with Crippen LogP contribution < -0.4 is 10.2 Å². The Kier molecular flexibility index (Phi) is 7.97. The second-order valence-corrected chi connectivity index (χ2v) is 4.50. The summed E-state index contributed by atoms with van der Waals surface area (Å²) in [7, 11) is 0. The van der Waals surface area contributed by atoms with Crippen molar-refractivity contribution in [2.45, 2.75) is 6.42 Å². The van der Waals surface area contributed by atoms with E-state index in [1.54, 1.807) is 36.7 Å². The molecule has 0 heterocycles. The molecule has 5 heteroatoms. The molecule has 0 saturated carbocycles. The van der Waals surface area contributed by atoms with Gasteiger partial charge in [-0.1, -0.05) is 48.5 Å². The van der Waals surface area contributed by atoms with Crippen molar-refractivity contribution in [1.82, 2.24) is 0 Å². The molecule has 0 aromatic heterocycles. The van der Waals surface area contributed by atoms with E-state index in [0.717, 1.165) is 6.42 Å². The molecule has 0 atom stereocenters. The fourth-order valence-electron chi connectivity index (χ4n) is 1.75. The fourth-order valence-corrected chi connectivity index (χ4v) is 1.75. The molecular formula is C17H16CuN2O2. The Labute approximate surface area is 140 Å². The average molecular weight is 344 g/mol. The summed E-state index contributed by atoms with van der Waals surface area (Å²) in [5.74, 6) is -0.0438. The van der Waals surface area contributed by atoms with Gasteiger partial charge in [0.2, 0.25) is 0 Å². The van der Waals surface area contributed by atoms with Gasteiger partial charge >= 0.3 is 17.1 Å². The predicted molar refractivity (Wildman–Crippen MR) is 81.3 cm³/mol. The minimum Gasteiger partial charge on any atom is -0.872 e. The van der Waals surface area contributed by atoms with Gasteiger partial charge in [-0.3, -0.25) is 9.98 Å². The molecule has 4 nitrogen and oxygen atoms in total. The summed E-state index contributed by atoms with van der Waals surface area (Å²) in [5.41, 5.74) is 1.20. The van der Waals surface area contributed by atoms with E-state index < -0.39 is 0 Å². The van der Waals surface area contributed by atoms with Crippen molar-refractivity contribution in [3.8, 4) is 11.5 Å². The molecule has 0 spiro atoms. The molecule has 0 unspecified atom stereocenters. The van der Waals surface area contributed by atoms with Gasteiger partial charge in [0.15, 0.2) is 0 Å². The quantitative estimate of drug-likeness (QED) is 0.455. The number of hydrogen-bond acceptors (Lipinski definition) is 4. The third-order valence-corrected chi connectivity index (χ3v) is 2.87. The van der Waals surface area contributed by atoms with E-state index in [-0.39, 0.29) is 28.6 Å². The van der Waals surface area contributed by atoms with Gasteiger partial charge in [-0.25, -0.2) is 0 Å². The molecule has 0 aliphatic carbocycles. The van der Waals surface area contributed by atoms with E-state index in [1.165, 1.54) is 12.1 Å². The minimum atomic E-state index is -0.0219. The van der Waals surface area contributed by atoms with Crippen LogP contribution in [0.1, 0.15) is 17.5 Å². The van der Waals surface area contributed by atoms with E-state index in [1.807, 2.05) is 12.1 Å². The van der Waals surface area contributed by atoms with Gasteiger partial charge in [0.1, 0.15) is 0 Å². The van der Waals surface area contributed by atoms with Crippen LogP contribution in [-0.2, 0) is 17.1 Å². The van der Waals surface area contributed by atoms with Crippen LogP contribution in [0, 0.1) is 0 Å². The van der Waals surface area contributed by atoms with Crippen LogP contribution in [-0.4, -0.2) is 25.5 Å². The molecule has 117 valence electrons. The maximum atomic E-state index is 11.4. The average Bonchev–Trinajstić information content (AvgIpc) is 2.50. The van der Waals surface area contributed by atoms with Crippen molar-refractivity contribution >= 4 is 12.4 Å². The molecule has 0 aliphatic rings. The van der Waals surface area contributed by atoms with Crippen LogP contribution in [0.2, 0.25) is 0 Å². The van der Waals surface area contributed by atoms with Gasteiger partial charge in [0, 0.05) is 25.5 Å². The van der Waals surface area contributed by atoms with Crippen molar-refractivity contribution < 1.29 is 27.3 Å². The van der Waals surface area contributed by atoms with Gasteiger partial charge < -0.3 is 10.2 Å². The first-order valence-electron chi connectivity index (χ1n) is 6.79. The van der Waals surface area contributed by atoms with E-state index >= 15 is 0 Å². The number of benzene rings is 2. The first-order valence-corrected chi connectivity index (χ1v) is 6.79. The Balaban J connectivity index is 0.00000242. The molecule has 0 saturated heterocycles. The zero-order valence-electron chi connectivity index (χ0n) is 11.9. The molecule has 0 aliphatic heterocycles. The third-order valence-electron chi connectivity index (χ3n) is 2.87. The second kappa shape index (κ2) is 9.77. The number of rotatable bonds is 6. The molecule has 2 rings (SSSR count). The molecule has 2 aromatic rings. The smallest absolute Gasteiger partial charge is 0.872 e. The van der Waals surface area contributed by atoms with Crippen molar-refractivity contribution in [3.63, 3.8) is 0 Å². The fraction of sp³-hybridized carbons (Fsp3) is 0.176. The molecular weight excluding hydrogens is 328 g/mol. The standard InChI is InChI=1S/C17H18N2O2.Cu/c20-16-8-3-1-6-14(16)12-18-10-5-11-19-13-15-7-2-4-9-17(15)21;/h1-4,6-9,12-13,20-21H,5,10-11H2;/q;+2/p-2. The van der Waals surface area contributed by atoms with Crippen LogP contribution in [0.25, 0.3) is 0 Å². The first kappa shape index (κ1) is 17.9. The van der Waals surface area contributed by atoms with E-state index in [4.69, 9.17) is 0 Å². The van der Waals surface area contributed by atoms with Crippen LogP contribution in [0.5, 0.6) is 11.5 Å². The van der Waals surface area contributed by atoms with E-state index in [2.05, 4.69) is 9.98 Å². The topological polar surface area (TPSA) is 70.8 Å². The van der Waals surface area contributed by atoms with Gasteiger partial charge in [-0.2, -0.15) is 0 Å². The Morgan fingerprint density at radius 2 is 1.14 bits per heavy atom. The molecule has 1 radical (unpaired) electrons. The summed E-state index contributed by atoms with van der Waals surface area (Å²) in [5, 5.41) is 22.9. The Morgan fingerprint density at radius 1 is 0.727 bits per heavy atom. The second-order valence-electron chi connectivity index (χ2n) is 4.50. The summed E-state index contributed by atoms with van der Waals surface area (Å²) in [6.07, 6.45) is 3.97.